The van der Waals surface area contributed by atoms with Gasteiger partial charge < -0.3 is 9.47 Å². The van der Waals surface area contributed by atoms with Crippen LogP contribution in [0.5, 0.6) is 11.5 Å². The number of aryl methyl sites for hydroxylation is 1. The average molecular weight is 319 g/mol. The van der Waals surface area contributed by atoms with Crippen LogP contribution in [0.25, 0.3) is 16.9 Å². The first kappa shape index (κ1) is 15.6. The minimum absolute atomic E-state index is 0.344. The number of rotatable bonds is 4. The van der Waals surface area contributed by atoms with Crippen molar-refractivity contribution in [2.24, 2.45) is 0 Å². The van der Waals surface area contributed by atoms with Gasteiger partial charge in [0.15, 0.2) is 5.69 Å². The molecule has 5 nitrogen and oxygen atoms in total. The van der Waals surface area contributed by atoms with Crippen LogP contribution >= 0.6 is 0 Å². The highest BCUT2D eigenvalue weighted by atomic mass is 16.5. The van der Waals surface area contributed by atoms with E-state index in [2.05, 4.69) is 11.2 Å². The summed E-state index contributed by atoms with van der Waals surface area (Å²) in [5.74, 6) is 1.46. The Kier molecular flexibility index (Phi) is 4.21. The molecule has 0 radical (unpaired) electrons. The van der Waals surface area contributed by atoms with Gasteiger partial charge in [-0.25, -0.2) is 4.68 Å². The van der Waals surface area contributed by atoms with Crippen molar-refractivity contribution < 1.29 is 9.47 Å². The summed E-state index contributed by atoms with van der Waals surface area (Å²) in [6, 6.07) is 17.3. The van der Waals surface area contributed by atoms with Gasteiger partial charge in [0.1, 0.15) is 17.6 Å². The van der Waals surface area contributed by atoms with Gasteiger partial charge in [-0.15, -0.1) is 0 Å². The van der Waals surface area contributed by atoms with Crippen molar-refractivity contribution in [1.29, 1.82) is 5.26 Å². The Morgan fingerprint density at radius 3 is 2.58 bits per heavy atom. The summed E-state index contributed by atoms with van der Waals surface area (Å²) in [5, 5.41) is 13.7. The van der Waals surface area contributed by atoms with Gasteiger partial charge in [0.25, 0.3) is 0 Å². The van der Waals surface area contributed by atoms with Crippen LogP contribution < -0.4 is 9.47 Å². The van der Waals surface area contributed by atoms with Gasteiger partial charge in [0.05, 0.1) is 25.6 Å². The second-order valence-corrected chi connectivity index (χ2v) is 5.34. The molecule has 0 saturated heterocycles. The molecule has 0 spiro atoms. The number of hydrogen-bond acceptors (Lipinski definition) is 4. The molecule has 0 fully saturated rings. The van der Waals surface area contributed by atoms with E-state index in [9.17, 15) is 5.26 Å². The summed E-state index contributed by atoms with van der Waals surface area (Å²) >= 11 is 0. The predicted octanol–water partition coefficient (Wildman–Crippen LogP) is 3.74. The third-order valence-corrected chi connectivity index (χ3v) is 3.75. The fraction of sp³-hybridized carbons (Fsp3) is 0.158. The predicted molar refractivity (Wildman–Crippen MR) is 91.6 cm³/mol. The molecule has 0 unspecified atom stereocenters. The molecule has 0 saturated carbocycles. The lowest BCUT2D eigenvalue weighted by atomic mass is 10.1. The summed E-state index contributed by atoms with van der Waals surface area (Å²) in [4.78, 5) is 0. The van der Waals surface area contributed by atoms with Crippen LogP contribution in [0.15, 0.2) is 48.5 Å². The molecule has 24 heavy (non-hydrogen) atoms. The maximum atomic E-state index is 9.27. The molecule has 0 N–H and O–H groups in total. The maximum absolute atomic E-state index is 9.27. The van der Waals surface area contributed by atoms with Crippen LogP contribution in [-0.4, -0.2) is 24.0 Å². The van der Waals surface area contributed by atoms with Crippen molar-refractivity contribution >= 4 is 0 Å². The van der Waals surface area contributed by atoms with Crippen LogP contribution in [0.3, 0.4) is 0 Å². The van der Waals surface area contributed by atoms with E-state index in [4.69, 9.17) is 9.47 Å². The Bertz CT molecular complexity index is 923. The molecule has 1 aromatic heterocycles. The maximum Gasteiger partial charge on any atom is 0.163 e. The Morgan fingerprint density at radius 1 is 1.04 bits per heavy atom. The zero-order valence-electron chi connectivity index (χ0n) is 13.8. The van der Waals surface area contributed by atoms with Crippen LogP contribution in [-0.2, 0) is 0 Å². The molecule has 120 valence electrons. The number of hydrogen-bond donors (Lipinski definition) is 0. The lowest BCUT2D eigenvalue weighted by Crippen LogP contribution is -2.01. The molecule has 0 aliphatic carbocycles. The largest absolute Gasteiger partial charge is 0.497 e. The van der Waals surface area contributed by atoms with E-state index in [1.54, 1.807) is 25.0 Å². The number of methoxy groups -OCH3 is 2. The van der Waals surface area contributed by atoms with Crippen LogP contribution in [0.1, 0.15) is 11.3 Å². The summed E-state index contributed by atoms with van der Waals surface area (Å²) in [6.07, 6.45) is 0. The van der Waals surface area contributed by atoms with Gasteiger partial charge in [-0.1, -0.05) is 17.7 Å². The van der Waals surface area contributed by atoms with E-state index in [-0.39, 0.29) is 0 Å². The van der Waals surface area contributed by atoms with Crippen LogP contribution in [0.2, 0.25) is 0 Å². The third kappa shape index (κ3) is 2.82. The average Bonchev–Trinajstić information content (AvgIpc) is 3.06. The summed E-state index contributed by atoms with van der Waals surface area (Å²) in [5.41, 5.74) is 3.93. The first-order valence-corrected chi connectivity index (χ1v) is 7.46. The van der Waals surface area contributed by atoms with Gasteiger partial charge in [0, 0.05) is 17.7 Å². The molecular weight excluding hydrogens is 302 g/mol. The van der Waals surface area contributed by atoms with Gasteiger partial charge in [-0.3, -0.25) is 0 Å². The lowest BCUT2D eigenvalue weighted by molar-refractivity contribution is 0.414. The first-order chi connectivity index (χ1) is 11.7. The Morgan fingerprint density at radius 2 is 1.88 bits per heavy atom. The van der Waals surface area contributed by atoms with Gasteiger partial charge >= 0.3 is 0 Å². The number of nitrogens with zero attached hydrogens (tertiary/aromatic N) is 3. The van der Waals surface area contributed by atoms with Gasteiger partial charge in [0.2, 0.25) is 0 Å². The second kappa shape index (κ2) is 6.47. The summed E-state index contributed by atoms with van der Waals surface area (Å²) < 4.78 is 12.5. The fourth-order valence-electron chi connectivity index (χ4n) is 2.59. The molecule has 3 rings (SSSR count). The zero-order chi connectivity index (χ0) is 17.1. The lowest BCUT2D eigenvalue weighted by Gasteiger charge is -2.12. The highest BCUT2D eigenvalue weighted by Crippen LogP contribution is 2.33. The number of ether oxygens (including phenoxy) is 2. The molecular formula is C19H17N3O2. The van der Waals surface area contributed by atoms with Crippen molar-refractivity contribution in [2.75, 3.05) is 14.2 Å². The molecule has 3 aromatic rings. The van der Waals surface area contributed by atoms with E-state index in [0.717, 1.165) is 34.0 Å². The van der Waals surface area contributed by atoms with E-state index < -0.39 is 0 Å². The van der Waals surface area contributed by atoms with Crippen LogP contribution in [0, 0.1) is 18.3 Å². The molecule has 0 aliphatic heterocycles. The molecule has 0 bridgehead atoms. The van der Waals surface area contributed by atoms with Crippen LogP contribution in [0.4, 0.5) is 0 Å². The smallest absolute Gasteiger partial charge is 0.163 e. The molecule has 2 aromatic carbocycles. The second-order valence-electron chi connectivity index (χ2n) is 5.34. The number of benzene rings is 2. The number of nitriles is 1. The minimum atomic E-state index is 0.344. The topological polar surface area (TPSA) is 60.1 Å². The van der Waals surface area contributed by atoms with Crippen molar-refractivity contribution in [3.8, 4) is 34.5 Å². The standard InChI is InChI=1S/C19H17N3O2/c1-13-7-8-19(24-3)17(9-13)18-10-14(12-20)21-22(18)15-5-4-6-16(11-15)23-2/h4-11H,1-3H3. The Hall–Kier alpha value is -3.26. The normalized spacial score (nSPS) is 10.2. The summed E-state index contributed by atoms with van der Waals surface area (Å²) in [7, 11) is 3.25. The molecule has 0 amide bonds. The van der Waals surface area contributed by atoms with Crippen molar-refractivity contribution in [3.63, 3.8) is 0 Å². The molecule has 0 aliphatic rings. The first-order valence-electron chi connectivity index (χ1n) is 7.46. The minimum Gasteiger partial charge on any atom is -0.497 e. The van der Waals surface area contributed by atoms with Crippen molar-refractivity contribution in [1.82, 2.24) is 9.78 Å². The van der Waals surface area contributed by atoms with Gasteiger partial charge in [-0.05, 0) is 31.2 Å². The van der Waals surface area contributed by atoms with E-state index in [1.807, 2.05) is 49.4 Å². The zero-order valence-corrected chi connectivity index (χ0v) is 13.8. The molecule has 5 heteroatoms. The van der Waals surface area contributed by atoms with E-state index in [0.29, 0.717) is 5.69 Å². The van der Waals surface area contributed by atoms with Crippen molar-refractivity contribution in [3.05, 3.63) is 59.8 Å². The fourth-order valence-corrected chi connectivity index (χ4v) is 2.59. The van der Waals surface area contributed by atoms with E-state index >= 15 is 0 Å². The molecule has 1 heterocycles. The monoisotopic (exact) mass is 319 g/mol. The number of aromatic nitrogens is 2. The highest BCUT2D eigenvalue weighted by Gasteiger charge is 2.16. The SMILES string of the molecule is COc1cccc(-n2nc(C#N)cc2-c2cc(C)ccc2OC)c1. The van der Waals surface area contributed by atoms with Gasteiger partial charge in [-0.2, -0.15) is 10.4 Å². The van der Waals surface area contributed by atoms with E-state index in [1.165, 1.54) is 0 Å². The highest BCUT2D eigenvalue weighted by molar-refractivity contribution is 5.71. The Balaban J connectivity index is 2.24. The van der Waals surface area contributed by atoms with Crippen molar-refractivity contribution in [2.45, 2.75) is 6.92 Å². The molecule has 0 atom stereocenters. The quantitative estimate of drug-likeness (QED) is 0.735. The third-order valence-electron chi connectivity index (χ3n) is 3.75. The Labute approximate surface area is 140 Å². The summed E-state index contributed by atoms with van der Waals surface area (Å²) in [6.45, 7) is 2.01.